The molecule has 3 atom stereocenters. The van der Waals surface area contributed by atoms with Crippen molar-refractivity contribution in [2.45, 2.75) is 43.9 Å². The van der Waals surface area contributed by atoms with E-state index >= 15 is 0 Å². The van der Waals surface area contributed by atoms with E-state index < -0.39 is 0 Å². The van der Waals surface area contributed by atoms with Crippen LogP contribution in [0.5, 0.6) is 0 Å². The second kappa shape index (κ2) is 2.69. The first-order valence-electron chi connectivity index (χ1n) is 5.18. The normalized spacial score (nSPS) is 47.5. The largest absolute Gasteiger partial charge is 0.301 e. The maximum Gasteiger partial charge on any atom is 0.0742 e. The van der Waals surface area contributed by atoms with E-state index in [0.29, 0.717) is 6.17 Å². The van der Waals surface area contributed by atoms with Gasteiger partial charge in [-0.25, -0.2) is 0 Å². The average Bonchev–Trinajstić information content (AvgIpc) is 2.62. The van der Waals surface area contributed by atoms with Crippen molar-refractivity contribution in [3.8, 4) is 0 Å². The van der Waals surface area contributed by atoms with Crippen molar-refractivity contribution in [3.63, 3.8) is 0 Å². The summed E-state index contributed by atoms with van der Waals surface area (Å²) in [5.74, 6) is 0. The topological polar surface area (TPSA) is 27.3 Å². The zero-order chi connectivity index (χ0) is 7.97. The Morgan fingerprint density at radius 3 is 3.08 bits per heavy atom. The molecule has 12 heavy (non-hydrogen) atoms. The summed E-state index contributed by atoms with van der Waals surface area (Å²) >= 11 is 0. The molecule has 2 N–H and O–H groups in total. The van der Waals surface area contributed by atoms with Gasteiger partial charge >= 0.3 is 0 Å². The third-order valence-electron chi connectivity index (χ3n) is 3.59. The van der Waals surface area contributed by atoms with Crippen LogP contribution in [-0.2, 0) is 0 Å². The predicted molar refractivity (Wildman–Crippen MR) is 47.7 cm³/mol. The van der Waals surface area contributed by atoms with Gasteiger partial charge in [0.2, 0.25) is 0 Å². The van der Waals surface area contributed by atoms with Gasteiger partial charge in [0.05, 0.1) is 6.17 Å². The van der Waals surface area contributed by atoms with Crippen molar-refractivity contribution in [3.05, 3.63) is 0 Å². The molecule has 2 heterocycles. The minimum atomic E-state index is 0.651. The van der Waals surface area contributed by atoms with Crippen LogP contribution in [0.25, 0.3) is 0 Å². The van der Waals surface area contributed by atoms with Gasteiger partial charge in [-0.05, 0) is 12.8 Å². The van der Waals surface area contributed by atoms with Crippen LogP contribution in [0.2, 0.25) is 0 Å². The van der Waals surface area contributed by atoms with Crippen LogP contribution in [0.1, 0.15) is 25.7 Å². The standard InChI is InChI=1S/C9H17N3/c1-2-4-8-7(3-1)11-9-5-10-6-12(8)9/h7-11H,1-6H2. The first-order chi connectivity index (χ1) is 5.95. The fourth-order valence-electron chi connectivity index (χ4n) is 3.01. The smallest absolute Gasteiger partial charge is 0.0742 e. The molecule has 2 aliphatic heterocycles. The number of hydrogen-bond donors (Lipinski definition) is 2. The molecule has 1 saturated carbocycles. The van der Waals surface area contributed by atoms with Gasteiger partial charge in [0.25, 0.3) is 0 Å². The predicted octanol–water partition coefficient (Wildman–Crippen LogP) is 0.0896. The lowest BCUT2D eigenvalue weighted by molar-refractivity contribution is 0.204. The molecule has 0 aromatic heterocycles. The summed E-state index contributed by atoms with van der Waals surface area (Å²) in [6, 6.07) is 1.66. The molecule has 3 fully saturated rings. The summed E-state index contributed by atoms with van der Waals surface area (Å²) in [5.41, 5.74) is 0. The monoisotopic (exact) mass is 167 g/mol. The molecule has 0 bridgehead atoms. The molecular weight excluding hydrogens is 150 g/mol. The SMILES string of the molecule is C1CCC2C(C1)NC1CNCN12. The van der Waals surface area contributed by atoms with Gasteiger partial charge in [-0.2, -0.15) is 0 Å². The molecule has 0 spiro atoms. The van der Waals surface area contributed by atoms with E-state index in [1.165, 1.54) is 25.7 Å². The Bertz CT molecular complexity index is 183. The first-order valence-corrected chi connectivity index (χ1v) is 5.18. The lowest BCUT2D eigenvalue weighted by atomic mass is 9.91. The summed E-state index contributed by atoms with van der Waals surface area (Å²) in [6.07, 6.45) is 6.33. The Hall–Kier alpha value is -0.120. The second-order valence-electron chi connectivity index (χ2n) is 4.27. The molecule has 68 valence electrons. The summed E-state index contributed by atoms with van der Waals surface area (Å²) in [7, 11) is 0. The third kappa shape index (κ3) is 0.934. The first kappa shape index (κ1) is 7.30. The van der Waals surface area contributed by atoms with Crippen LogP contribution in [-0.4, -0.2) is 36.4 Å². The Labute approximate surface area is 73.5 Å². The van der Waals surface area contributed by atoms with Gasteiger partial charge in [0.15, 0.2) is 0 Å². The van der Waals surface area contributed by atoms with E-state index in [1.54, 1.807) is 0 Å². The van der Waals surface area contributed by atoms with Crippen molar-refractivity contribution < 1.29 is 0 Å². The second-order valence-corrected chi connectivity index (χ2v) is 4.27. The zero-order valence-corrected chi connectivity index (χ0v) is 7.42. The molecule has 3 rings (SSSR count). The molecule has 0 aromatic rings. The number of rotatable bonds is 0. The highest BCUT2D eigenvalue weighted by Gasteiger charge is 2.43. The lowest BCUT2D eigenvalue weighted by Gasteiger charge is -2.29. The Morgan fingerprint density at radius 1 is 1.17 bits per heavy atom. The molecular formula is C9H17N3. The fourth-order valence-corrected chi connectivity index (χ4v) is 3.01. The number of hydrogen-bond acceptors (Lipinski definition) is 3. The van der Waals surface area contributed by atoms with Gasteiger partial charge in [-0.3, -0.25) is 10.2 Å². The molecule has 3 nitrogen and oxygen atoms in total. The van der Waals surface area contributed by atoms with Crippen molar-refractivity contribution in [1.82, 2.24) is 15.5 Å². The van der Waals surface area contributed by atoms with Crippen LogP contribution in [0.15, 0.2) is 0 Å². The van der Waals surface area contributed by atoms with E-state index in [4.69, 9.17) is 0 Å². The molecule has 3 heteroatoms. The highest BCUT2D eigenvalue weighted by atomic mass is 15.5. The maximum atomic E-state index is 3.72. The molecule has 3 unspecified atom stereocenters. The molecule has 0 amide bonds. The zero-order valence-electron chi connectivity index (χ0n) is 7.42. The van der Waals surface area contributed by atoms with Crippen LogP contribution < -0.4 is 10.6 Å². The summed E-state index contributed by atoms with van der Waals surface area (Å²) in [4.78, 5) is 2.61. The van der Waals surface area contributed by atoms with Gasteiger partial charge in [-0.15, -0.1) is 0 Å². The van der Waals surface area contributed by atoms with Gasteiger partial charge in [-0.1, -0.05) is 12.8 Å². The molecule has 1 aliphatic carbocycles. The van der Waals surface area contributed by atoms with Crippen LogP contribution in [0, 0.1) is 0 Å². The highest BCUT2D eigenvalue weighted by molar-refractivity contribution is 5.00. The quantitative estimate of drug-likeness (QED) is 0.535. The third-order valence-corrected chi connectivity index (χ3v) is 3.59. The Kier molecular flexibility index (Phi) is 1.63. The van der Waals surface area contributed by atoms with E-state index in [0.717, 1.165) is 25.3 Å². The van der Waals surface area contributed by atoms with Gasteiger partial charge < -0.3 is 5.32 Å². The number of fused-ring (bicyclic) bond motifs is 3. The van der Waals surface area contributed by atoms with E-state index in [2.05, 4.69) is 15.5 Å². The van der Waals surface area contributed by atoms with Crippen LogP contribution in [0.4, 0.5) is 0 Å². The van der Waals surface area contributed by atoms with Crippen molar-refractivity contribution in [1.29, 1.82) is 0 Å². The van der Waals surface area contributed by atoms with E-state index in [1.807, 2.05) is 0 Å². The minimum Gasteiger partial charge on any atom is -0.301 e. The lowest BCUT2D eigenvalue weighted by Crippen LogP contribution is -2.40. The maximum absolute atomic E-state index is 3.72. The number of nitrogens with zero attached hydrogens (tertiary/aromatic N) is 1. The Balaban J connectivity index is 1.79. The molecule has 0 aromatic carbocycles. The Morgan fingerprint density at radius 2 is 2.08 bits per heavy atom. The van der Waals surface area contributed by atoms with Gasteiger partial charge in [0.1, 0.15) is 0 Å². The van der Waals surface area contributed by atoms with Crippen molar-refractivity contribution in [2.75, 3.05) is 13.2 Å². The number of nitrogens with one attached hydrogen (secondary N) is 2. The van der Waals surface area contributed by atoms with Crippen molar-refractivity contribution >= 4 is 0 Å². The van der Waals surface area contributed by atoms with E-state index in [-0.39, 0.29) is 0 Å². The highest BCUT2D eigenvalue weighted by Crippen LogP contribution is 2.30. The summed E-state index contributed by atoms with van der Waals surface area (Å²) in [6.45, 7) is 2.26. The van der Waals surface area contributed by atoms with Gasteiger partial charge in [0, 0.05) is 25.3 Å². The van der Waals surface area contributed by atoms with Crippen LogP contribution in [0.3, 0.4) is 0 Å². The molecule has 0 radical (unpaired) electrons. The molecule has 3 aliphatic rings. The summed E-state index contributed by atoms with van der Waals surface area (Å²) < 4.78 is 0. The fraction of sp³-hybridized carbons (Fsp3) is 1.00. The minimum absolute atomic E-state index is 0.651. The average molecular weight is 167 g/mol. The van der Waals surface area contributed by atoms with Crippen molar-refractivity contribution in [2.24, 2.45) is 0 Å². The van der Waals surface area contributed by atoms with Crippen LogP contribution >= 0.6 is 0 Å². The summed E-state index contributed by atoms with van der Waals surface area (Å²) in [5, 5.41) is 7.14. The van der Waals surface area contributed by atoms with E-state index in [9.17, 15) is 0 Å². The molecule has 2 saturated heterocycles.